The minimum atomic E-state index is 0. The molecular formula is C22H40ClN. The van der Waals surface area contributed by atoms with Gasteiger partial charge in [-0.25, -0.2) is 0 Å². The van der Waals surface area contributed by atoms with Crippen LogP contribution in [0.5, 0.6) is 0 Å². The highest BCUT2D eigenvalue weighted by molar-refractivity contribution is 5.40. The van der Waals surface area contributed by atoms with Gasteiger partial charge in [-0.3, -0.25) is 4.48 Å². The molecule has 0 aromatic heterocycles. The lowest BCUT2D eigenvalue weighted by Crippen LogP contribution is -3.00. The van der Waals surface area contributed by atoms with Crippen molar-refractivity contribution in [1.29, 1.82) is 0 Å². The number of nitrogens with zero attached hydrogens (tertiary/aromatic N) is 1. The molecule has 0 saturated carbocycles. The van der Waals surface area contributed by atoms with E-state index in [-0.39, 0.29) is 12.4 Å². The van der Waals surface area contributed by atoms with Crippen LogP contribution < -0.4 is 16.9 Å². The van der Waals surface area contributed by atoms with Crippen molar-refractivity contribution in [1.82, 2.24) is 4.48 Å². The Labute approximate surface area is 157 Å². The number of benzene rings is 1. The van der Waals surface area contributed by atoms with Crippen molar-refractivity contribution in [3.63, 3.8) is 0 Å². The Balaban J connectivity index is 0.00000529. The van der Waals surface area contributed by atoms with Gasteiger partial charge in [0.15, 0.2) is 0 Å². The van der Waals surface area contributed by atoms with Gasteiger partial charge in [0.25, 0.3) is 0 Å². The van der Waals surface area contributed by atoms with Gasteiger partial charge in [-0.05, 0) is 25.0 Å². The fraction of sp³-hybridized carbons (Fsp3) is 0.727. The van der Waals surface area contributed by atoms with E-state index in [1.807, 2.05) is 0 Å². The zero-order chi connectivity index (χ0) is 16.8. The Morgan fingerprint density at radius 3 is 1.50 bits per heavy atom. The van der Waals surface area contributed by atoms with Crippen molar-refractivity contribution in [2.45, 2.75) is 84.0 Å². The Morgan fingerprint density at radius 2 is 1.04 bits per heavy atom. The maximum Gasteiger partial charge on any atom is 0.132 e. The highest BCUT2D eigenvalue weighted by Gasteiger charge is 2.17. The van der Waals surface area contributed by atoms with E-state index in [9.17, 15) is 0 Å². The molecule has 0 aliphatic carbocycles. The minimum Gasteiger partial charge on any atom is -1.00 e. The molecule has 1 nitrogen and oxygen atoms in total. The van der Waals surface area contributed by atoms with Gasteiger partial charge in [0.2, 0.25) is 0 Å². The van der Waals surface area contributed by atoms with Crippen molar-refractivity contribution in [3.05, 3.63) is 30.3 Å². The lowest BCUT2D eigenvalue weighted by Gasteiger charge is -2.29. The summed E-state index contributed by atoms with van der Waals surface area (Å²) >= 11 is 0. The first-order chi connectivity index (χ1) is 11.2. The predicted molar refractivity (Wildman–Crippen MR) is 106 cm³/mol. The van der Waals surface area contributed by atoms with Crippen molar-refractivity contribution < 1.29 is 12.4 Å². The smallest absolute Gasteiger partial charge is 0.132 e. The molecular weight excluding hydrogens is 314 g/mol. The average molecular weight is 354 g/mol. The van der Waals surface area contributed by atoms with E-state index in [4.69, 9.17) is 0 Å². The van der Waals surface area contributed by atoms with Gasteiger partial charge in [-0.2, -0.15) is 0 Å². The van der Waals surface area contributed by atoms with Crippen LogP contribution in [0.2, 0.25) is 0 Å². The monoisotopic (exact) mass is 353 g/mol. The molecule has 24 heavy (non-hydrogen) atoms. The van der Waals surface area contributed by atoms with E-state index >= 15 is 0 Å². The van der Waals surface area contributed by atoms with Gasteiger partial charge in [-0.1, -0.05) is 89.3 Å². The molecule has 2 heteroatoms. The number of halogens is 1. The normalized spacial score (nSPS) is 11.3. The zero-order valence-electron chi connectivity index (χ0n) is 16.4. The van der Waals surface area contributed by atoms with Gasteiger partial charge in [0, 0.05) is 0 Å². The van der Waals surface area contributed by atoms with E-state index in [0.29, 0.717) is 0 Å². The fourth-order valence-electron chi connectivity index (χ4n) is 3.31. The lowest BCUT2D eigenvalue weighted by atomic mass is 10.1. The number of para-hydroxylation sites is 1. The van der Waals surface area contributed by atoms with Crippen LogP contribution in [0.25, 0.3) is 0 Å². The SMILES string of the molecule is CCCCCCCCCCCCCC[N+](C)(C)c1ccccc1.[Cl-]. The first-order valence-electron chi connectivity index (χ1n) is 10.1. The standard InChI is InChI=1S/C22H40N.ClH/c1-4-5-6-7-8-9-10-11-12-13-14-18-21-23(2,3)22-19-16-15-17-20-22;/h15-17,19-20H,4-14,18,21H2,1-3H3;1H/q+1;/p-1. The summed E-state index contributed by atoms with van der Waals surface area (Å²) in [7, 11) is 4.65. The molecule has 140 valence electrons. The Bertz CT molecular complexity index is 375. The van der Waals surface area contributed by atoms with Gasteiger partial charge in [0.1, 0.15) is 5.69 Å². The minimum absolute atomic E-state index is 0. The second-order valence-electron chi connectivity index (χ2n) is 7.63. The lowest BCUT2D eigenvalue weighted by molar-refractivity contribution is -0.00000516. The van der Waals surface area contributed by atoms with E-state index in [0.717, 1.165) is 4.48 Å². The first kappa shape index (κ1) is 23.5. The largest absolute Gasteiger partial charge is 1.00 e. The van der Waals surface area contributed by atoms with Crippen LogP contribution in [0.15, 0.2) is 30.3 Å². The summed E-state index contributed by atoms with van der Waals surface area (Å²) < 4.78 is 1.01. The molecule has 0 heterocycles. The van der Waals surface area contributed by atoms with Crippen LogP contribution in [0.1, 0.15) is 84.0 Å². The van der Waals surface area contributed by atoms with Gasteiger partial charge < -0.3 is 12.4 Å². The highest BCUT2D eigenvalue weighted by Crippen LogP contribution is 2.19. The molecule has 0 bridgehead atoms. The third-order valence-corrected chi connectivity index (χ3v) is 5.03. The Kier molecular flexibility index (Phi) is 14.5. The van der Waals surface area contributed by atoms with Crippen LogP contribution in [0.4, 0.5) is 5.69 Å². The molecule has 0 fully saturated rings. The van der Waals surface area contributed by atoms with E-state index in [2.05, 4.69) is 51.4 Å². The summed E-state index contributed by atoms with van der Waals surface area (Å²) in [5.41, 5.74) is 1.43. The van der Waals surface area contributed by atoms with Crippen molar-refractivity contribution in [2.24, 2.45) is 0 Å². The van der Waals surface area contributed by atoms with E-state index in [1.54, 1.807) is 0 Å². The van der Waals surface area contributed by atoms with Gasteiger partial charge >= 0.3 is 0 Å². The average Bonchev–Trinajstić information content (AvgIpc) is 2.56. The number of hydrogen-bond donors (Lipinski definition) is 0. The predicted octanol–water partition coefficient (Wildman–Crippen LogP) is 3.96. The summed E-state index contributed by atoms with van der Waals surface area (Å²) in [6.07, 6.45) is 17.1. The molecule has 0 spiro atoms. The molecule has 0 aliphatic heterocycles. The van der Waals surface area contributed by atoms with Crippen LogP contribution in [0.3, 0.4) is 0 Å². The van der Waals surface area contributed by atoms with Crippen LogP contribution >= 0.6 is 0 Å². The zero-order valence-corrected chi connectivity index (χ0v) is 17.2. The van der Waals surface area contributed by atoms with E-state index in [1.165, 1.54) is 89.3 Å². The van der Waals surface area contributed by atoms with Crippen LogP contribution in [-0.2, 0) is 0 Å². The quantitative estimate of drug-likeness (QED) is 0.351. The second kappa shape index (κ2) is 14.8. The maximum atomic E-state index is 2.33. The molecule has 0 amide bonds. The molecule has 0 atom stereocenters. The molecule has 0 aliphatic rings. The molecule has 1 aromatic carbocycles. The third kappa shape index (κ3) is 11.1. The summed E-state index contributed by atoms with van der Waals surface area (Å²) in [6, 6.07) is 10.9. The molecule has 0 radical (unpaired) electrons. The summed E-state index contributed by atoms with van der Waals surface area (Å²) in [4.78, 5) is 0. The van der Waals surface area contributed by atoms with E-state index < -0.39 is 0 Å². The summed E-state index contributed by atoms with van der Waals surface area (Å²) in [5.74, 6) is 0. The van der Waals surface area contributed by atoms with Crippen molar-refractivity contribution in [2.75, 3.05) is 20.6 Å². The number of rotatable bonds is 14. The van der Waals surface area contributed by atoms with Crippen molar-refractivity contribution >= 4 is 5.69 Å². The summed E-state index contributed by atoms with van der Waals surface area (Å²) in [5, 5.41) is 0. The number of quaternary nitrogens is 1. The molecule has 0 N–H and O–H groups in total. The Hall–Kier alpha value is -0.530. The van der Waals surface area contributed by atoms with Crippen LogP contribution in [-0.4, -0.2) is 20.6 Å². The highest BCUT2D eigenvalue weighted by atomic mass is 35.5. The number of unbranched alkanes of at least 4 members (excludes halogenated alkanes) is 11. The topological polar surface area (TPSA) is 0 Å². The number of hydrogen-bond acceptors (Lipinski definition) is 0. The van der Waals surface area contributed by atoms with Gasteiger partial charge in [-0.15, -0.1) is 0 Å². The molecule has 1 aromatic rings. The molecule has 0 unspecified atom stereocenters. The molecule has 1 rings (SSSR count). The molecule has 0 saturated heterocycles. The third-order valence-electron chi connectivity index (χ3n) is 5.03. The fourth-order valence-corrected chi connectivity index (χ4v) is 3.31. The van der Waals surface area contributed by atoms with Crippen LogP contribution in [0, 0.1) is 0 Å². The summed E-state index contributed by atoms with van der Waals surface area (Å²) in [6.45, 7) is 3.54. The second-order valence-corrected chi connectivity index (χ2v) is 7.63. The van der Waals surface area contributed by atoms with Gasteiger partial charge in [0.05, 0.1) is 20.6 Å². The Morgan fingerprint density at radius 1 is 0.625 bits per heavy atom. The van der Waals surface area contributed by atoms with Crippen molar-refractivity contribution in [3.8, 4) is 0 Å². The first-order valence-corrected chi connectivity index (χ1v) is 10.1. The maximum absolute atomic E-state index is 2.33.